The molecule has 4 atom stereocenters. The fraction of sp³-hybridized carbons (Fsp3) is 0.619. The maximum atomic E-state index is 10.3. The highest BCUT2D eigenvalue weighted by molar-refractivity contribution is 5.52. The smallest absolute Gasteiger partial charge is 0.115 e. The number of phenols is 1. The standard InChI is InChI=1S/C21H28O2/c1-13(22)16-8-9-19-18-6-4-14-12-15(23)5-7-17(14)21(18,3)11-10-20(16,19)2/h5,7,12-13,16,22-23H,4,6,8-11H2,1-3H3/t13-,16?,20?,21?/m0/s1. The Hall–Kier alpha value is -1.28. The van der Waals surface area contributed by atoms with Crippen LogP contribution in [0.4, 0.5) is 0 Å². The van der Waals surface area contributed by atoms with Gasteiger partial charge in [0.25, 0.3) is 0 Å². The second kappa shape index (κ2) is 4.86. The molecule has 3 aliphatic carbocycles. The molecule has 3 aliphatic rings. The Morgan fingerprint density at radius 3 is 2.61 bits per heavy atom. The molecular formula is C21H28O2. The van der Waals surface area contributed by atoms with Crippen molar-refractivity contribution >= 4 is 0 Å². The molecule has 23 heavy (non-hydrogen) atoms. The van der Waals surface area contributed by atoms with Crippen LogP contribution in [0.5, 0.6) is 5.75 Å². The molecule has 0 spiro atoms. The van der Waals surface area contributed by atoms with Gasteiger partial charge in [0.05, 0.1) is 6.10 Å². The molecule has 0 saturated heterocycles. The summed E-state index contributed by atoms with van der Waals surface area (Å²) in [4.78, 5) is 0. The van der Waals surface area contributed by atoms with Gasteiger partial charge in [-0.1, -0.05) is 31.1 Å². The largest absolute Gasteiger partial charge is 0.508 e. The van der Waals surface area contributed by atoms with Gasteiger partial charge in [-0.15, -0.1) is 0 Å². The fourth-order valence-corrected chi connectivity index (χ4v) is 6.04. The number of hydrogen-bond donors (Lipinski definition) is 2. The quantitative estimate of drug-likeness (QED) is 0.750. The van der Waals surface area contributed by atoms with Crippen molar-refractivity contribution in [3.8, 4) is 5.75 Å². The number of benzene rings is 1. The number of rotatable bonds is 1. The molecule has 2 N–H and O–H groups in total. The summed E-state index contributed by atoms with van der Waals surface area (Å²) in [5.41, 5.74) is 6.36. The van der Waals surface area contributed by atoms with Crippen molar-refractivity contribution in [3.05, 3.63) is 40.5 Å². The van der Waals surface area contributed by atoms with Gasteiger partial charge in [0.1, 0.15) is 5.75 Å². The molecule has 0 radical (unpaired) electrons. The van der Waals surface area contributed by atoms with Crippen molar-refractivity contribution in [1.29, 1.82) is 0 Å². The van der Waals surface area contributed by atoms with Crippen LogP contribution >= 0.6 is 0 Å². The molecule has 0 aliphatic heterocycles. The molecule has 2 nitrogen and oxygen atoms in total. The minimum absolute atomic E-state index is 0.129. The number of aryl methyl sites for hydroxylation is 1. The molecule has 0 bridgehead atoms. The number of hydrogen-bond acceptors (Lipinski definition) is 2. The first-order chi connectivity index (χ1) is 10.9. The number of allylic oxidation sites excluding steroid dienone is 2. The summed E-state index contributed by atoms with van der Waals surface area (Å²) in [7, 11) is 0. The number of aliphatic hydroxyl groups excluding tert-OH is 1. The molecule has 1 fully saturated rings. The van der Waals surface area contributed by atoms with Crippen LogP contribution in [0, 0.1) is 11.3 Å². The van der Waals surface area contributed by atoms with Gasteiger partial charge in [0.15, 0.2) is 0 Å². The topological polar surface area (TPSA) is 40.5 Å². The Labute approximate surface area is 139 Å². The van der Waals surface area contributed by atoms with Gasteiger partial charge in [-0.25, -0.2) is 0 Å². The zero-order chi connectivity index (χ0) is 16.4. The molecule has 1 aromatic rings. The van der Waals surface area contributed by atoms with E-state index < -0.39 is 0 Å². The Balaban J connectivity index is 1.86. The van der Waals surface area contributed by atoms with Gasteiger partial charge in [-0.2, -0.15) is 0 Å². The Kier molecular flexibility index (Phi) is 3.22. The summed E-state index contributed by atoms with van der Waals surface area (Å²) >= 11 is 0. The van der Waals surface area contributed by atoms with Crippen molar-refractivity contribution in [2.45, 2.75) is 70.8 Å². The monoisotopic (exact) mass is 312 g/mol. The van der Waals surface area contributed by atoms with Crippen molar-refractivity contribution in [2.75, 3.05) is 0 Å². The average Bonchev–Trinajstić information content (AvgIpc) is 2.84. The lowest BCUT2D eigenvalue weighted by Crippen LogP contribution is -2.42. The van der Waals surface area contributed by atoms with E-state index in [1.807, 2.05) is 19.1 Å². The Bertz CT molecular complexity index is 687. The predicted molar refractivity (Wildman–Crippen MR) is 92.6 cm³/mol. The van der Waals surface area contributed by atoms with Gasteiger partial charge >= 0.3 is 0 Å². The second-order valence-corrected chi connectivity index (χ2v) is 8.43. The highest BCUT2D eigenvalue weighted by Gasteiger charge is 2.53. The van der Waals surface area contributed by atoms with Crippen LogP contribution in [0.25, 0.3) is 0 Å². The summed E-state index contributed by atoms with van der Waals surface area (Å²) in [6.07, 6.45) is 6.55. The summed E-state index contributed by atoms with van der Waals surface area (Å²) in [6, 6.07) is 5.95. The molecule has 0 heterocycles. The van der Waals surface area contributed by atoms with E-state index in [4.69, 9.17) is 0 Å². The molecule has 0 aromatic heterocycles. The summed E-state index contributed by atoms with van der Waals surface area (Å²) in [5, 5.41) is 20.1. The van der Waals surface area contributed by atoms with Gasteiger partial charge in [0.2, 0.25) is 0 Å². The van der Waals surface area contributed by atoms with Crippen LogP contribution in [-0.2, 0) is 11.8 Å². The number of phenolic OH excluding ortho intramolecular Hbond substituents is 1. The van der Waals surface area contributed by atoms with E-state index in [0.717, 1.165) is 38.5 Å². The summed E-state index contributed by atoms with van der Waals surface area (Å²) in [6.45, 7) is 6.77. The van der Waals surface area contributed by atoms with Gasteiger partial charge in [0, 0.05) is 5.41 Å². The normalized spacial score (nSPS) is 37.1. The van der Waals surface area contributed by atoms with Crippen LogP contribution in [0.1, 0.15) is 64.0 Å². The lowest BCUT2D eigenvalue weighted by molar-refractivity contribution is 0.0584. The van der Waals surface area contributed by atoms with E-state index in [2.05, 4.69) is 19.9 Å². The Morgan fingerprint density at radius 2 is 1.87 bits per heavy atom. The van der Waals surface area contributed by atoms with Gasteiger partial charge < -0.3 is 10.2 Å². The zero-order valence-corrected chi connectivity index (χ0v) is 14.5. The van der Waals surface area contributed by atoms with E-state index in [1.165, 1.54) is 11.1 Å². The second-order valence-electron chi connectivity index (χ2n) is 8.43. The summed E-state index contributed by atoms with van der Waals surface area (Å²) in [5.74, 6) is 0.801. The van der Waals surface area contributed by atoms with Crippen LogP contribution in [0.3, 0.4) is 0 Å². The van der Waals surface area contributed by atoms with E-state index in [-0.39, 0.29) is 16.9 Å². The van der Waals surface area contributed by atoms with Gasteiger partial charge in [-0.3, -0.25) is 0 Å². The molecule has 4 rings (SSSR count). The van der Waals surface area contributed by atoms with Crippen molar-refractivity contribution < 1.29 is 10.2 Å². The van der Waals surface area contributed by atoms with E-state index in [9.17, 15) is 10.2 Å². The molecule has 124 valence electrons. The van der Waals surface area contributed by atoms with E-state index in [0.29, 0.717) is 11.7 Å². The first-order valence-electron chi connectivity index (χ1n) is 9.10. The summed E-state index contributed by atoms with van der Waals surface area (Å²) < 4.78 is 0. The third-order valence-electron chi connectivity index (χ3n) is 7.30. The zero-order valence-electron chi connectivity index (χ0n) is 14.5. The lowest BCUT2D eigenvalue weighted by Gasteiger charge is -2.50. The molecular weight excluding hydrogens is 284 g/mol. The first kappa shape index (κ1) is 15.3. The van der Waals surface area contributed by atoms with Crippen molar-refractivity contribution in [2.24, 2.45) is 11.3 Å². The van der Waals surface area contributed by atoms with Crippen LogP contribution in [0.15, 0.2) is 29.3 Å². The first-order valence-corrected chi connectivity index (χ1v) is 9.10. The number of aromatic hydroxyl groups is 1. The van der Waals surface area contributed by atoms with Gasteiger partial charge in [-0.05, 0) is 80.0 Å². The molecule has 0 amide bonds. The molecule has 3 unspecified atom stereocenters. The SMILES string of the molecule is C[C@H](O)C1CCC2=C3CCc4cc(O)ccc4C3(C)CCC21C. The average molecular weight is 312 g/mol. The molecule has 2 heteroatoms. The highest BCUT2D eigenvalue weighted by Crippen LogP contribution is 2.62. The molecule has 1 aromatic carbocycles. The van der Waals surface area contributed by atoms with Crippen LogP contribution in [-0.4, -0.2) is 16.3 Å². The van der Waals surface area contributed by atoms with Crippen molar-refractivity contribution in [1.82, 2.24) is 0 Å². The number of aliphatic hydroxyl groups is 1. The van der Waals surface area contributed by atoms with Crippen LogP contribution < -0.4 is 0 Å². The maximum Gasteiger partial charge on any atom is 0.115 e. The maximum absolute atomic E-state index is 10.3. The van der Waals surface area contributed by atoms with E-state index in [1.54, 1.807) is 11.1 Å². The minimum Gasteiger partial charge on any atom is -0.508 e. The van der Waals surface area contributed by atoms with E-state index >= 15 is 0 Å². The number of fused-ring (bicyclic) bond motifs is 4. The van der Waals surface area contributed by atoms with Crippen molar-refractivity contribution in [3.63, 3.8) is 0 Å². The lowest BCUT2D eigenvalue weighted by atomic mass is 9.55. The van der Waals surface area contributed by atoms with Crippen LogP contribution in [0.2, 0.25) is 0 Å². The third-order valence-corrected chi connectivity index (χ3v) is 7.30. The highest BCUT2D eigenvalue weighted by atomic mass is 16.3. The Morgan fingerprint density at radius 1 is 1.09 bits per heavy atom. The fourth-order valence-electron chi connectivity index (χ4n) is 6.04. The predicted octanol–water partition coefficient (Wildman–Crippen LogP) is 4.48. The minimum atomic E-state index is -0.213. The molecule has 1 saturated carbocycles. The third kappa shape index (κ3) is 1.97.